The highest BCUT2D eigenvalue weighted by molar-refractivity contribution is 5.47. The smallest absolute Gasteiger partial charge is 0.0471 e. The molecule has 4 heteroatoms. The molecule has 0 aliphatic carbocycles. The number of likely N-dealkylation sites (N-methyl/N-ethyl adjacent to an activating group) is 1. The van der Waals surface area contributed by atoms with E-state index in [0.29, 0.717) is 18.6 Å². The van der Waals surface area contributed by atoms with Gasteiger partial charge in [-0.2, -0.15) is 0 Å². The lowest BCUT2D eigenvalue weighted by Crippen LogP contribution is -2.53. The van der Waals surface area contributed by atoms with Gasteiger partial charge in [0.1, 0.15) is 0 Å². The number of benzene rings is 1. The minimum Gasteiger partial charge on any atom is -0.372 e. The molecule has 4 nitrogen and oxygen atoms in total. The Hall–Kier alpha value is -1.10. The zero-order valence-corrected chi connectivity index (χ0v) is 15.3. The third kappa shape index (κ3) is 4.25. The number of rotatable bonds is 7. The van der Waals surface area contributed by atoms with Crippen LogP contribution in [0.5, 0.6) is 0 Å². The normalized spacial score (nSPS) is 21.3. The van der Waals surface area contributed by atoms with Crippen molar-refractivity contribution < 1.29 is 0 Å². The molecule has 0 spiro atoms. The molecule has 23 heavy (non-hydrogen) atoms. The Morgan fingerprint density at radius 3 is 2.26 bits per heavy atom. The standard InChI is InChI=1S/C19H34N4/c1-5-21(6-2)18-10-8-17(9-11-18)19(14-20)23-13-12-22(7-3)16(4)15-23/h8-11,16,19H,5-7,12-15,20H2,1-4H3. The topological polar surface area (TPSA) is 35.7 Å². The van der Waals surface area contributed by atoms with Crippen LogP contribution in [0.4, 0.5) is 5.69 Å². The quantitative estimate of drug-likeness (QED) is 0.838. The number of nitrogens with two attached hydrogens (primary N) is 1. The fraction of sp³-hybridized carbons (Fsp3) is 0.684. The highest BCUT2D eigenvalue weighted by Gasteiger charge is 2.27. The Balaban J connectivity index is 2.09. The first-order chi connectivity index (χ1) is 11.1. The van der Waals surface area contributed by atoms with Crippen LogP contribution in [0, 0.1) is 0 Å². The second kappa shape index (κ2) is 8.67. The molecule has 1 aliphatic heterocycles. The van der Waals surface area contributed by atoms with Gasteiger partial charge in [-0.3, -0.25) is 9.80 Å². The van der Waals surface area contributed by atoms with E-state index in [2.05, 4.69) is 66.7 Å². The maximum atomic E-state index is 6.13. The van der Waals surface area contributed by atoms with E-state index in [9.17, 15) is 0 Å². The van der Waals surface area contributed by atoms with Gasteiger partial charge in [0.25, 0.3) is 0 Å². The van der Waals surface area contributed by atoms with E-state index in [0.717, 1.165) is 39.3 Å². The molecule has 1 saturated heterocycles. The van der Waals surface area contributed by atoms with Gasteiger partial charge in [0, 0.05) is 57.0 Å². The zero-order valence-electron chi connectivity index (χ0n) is 15.3. The molecular weight excluding hydrogens is 284 g/mol. The predicted molar refractivity (Wildman–Crippen MR) is 100 cm³/mol. The third-order valence-electron chi connectivity index (χ3n) is 5.27. The van der Waals surface area contributed by atoms with E-state index in [1.807, 2.05) is 0 Å². The number of hydrogen-bond acceptors (Lipinski definition) is 4. The predicted octanol–water partition coefficient (Wildman–Crippen LogP) is 2.56. The summed E-state index contributed by atoms with van der Waals surface area (Å²) >= 11 is 0. The maximum Gasteiger partial charge on any atom is 0.0471 e. The third-order valence-corrected chi connectivity index (χ3v) is 5.27. The molecule has 2 rings (SSSR count). The zero-order chi connectivity index (χ0) is 16.8. The van der Waals surface area contributed by atoms with Gasteiger partial charge >= 0.3 is 0 Å². The molecule has 1 fully saturated rings. The van der Waals surface area contributed by atoms with Crippen LogP contribution in [0.2, 0.25) is 0 Å². The first-order valence-corrected chi connectivity index (χ1v) is 9.17. The molecule has 0 aromatic heterocycles. The average molecular weight is 319 g/mol. The molecule has 130 valence electrons. The second-order valence-corrected chi connectivity index (χ2v) is 6.49. The van der Waals surface area contributed by atoms with Crippen molar-refractivity contribution in [3.63, 3.8) is 0 Å². The lowest BCUT2D eigenvalue weighted by Gasteiger charge is -2.43. The summed E-state index contributed by atoms with van der Waals surface area (Å²) < 4.78 is 0. The Morgan fingerprint density at radius 1 is 1.13 bits per heavy atom. The molecule has 0 saturated carbocycles. The van der Waals surface area contributed by atoms with Crippen molar-refractivity contribution in [2.24, 2.45) is 5.73 Å². The molecule has 2 N–H and O–H groups in total. The van der Waals surface area contributed by atoms with E-state index >= 15 is 0 Å². The summed E-state index contributed by atoms with van der Waals surface area (Å²) in [5.74, 6) is 0. The van der Waals surface area contributed by atoms with Crippen LogP contribution in [0.1, 0.15) is 39.3 Å². The molecule has 0 bridgehead atoms. The Kier molecular flexibility index (Phi) is 6.88. The highest BCUT2D eigenvalue weighted by atomic mass is 15.3. The van der Waals surface area contributed by atoms with Crippen LogP contribution >= 0.6 is 0 Å². The first kappa shape index (κ1) is 18.2. The van der Waals surface area contributed by atoms with Crippen molar-refractivity contribution >= 4 is 5.69 Å². The molecule has 0 amide bonds. The van der Waals surface area contributed by atoms with Crippen molar-refractivity contribution in [2.75, 3.05) is 50.7 Å². The van der Waals surface area contributed by atoms with Crippen molar-refractivity contribution in [3.8, 4) is 0 Å². The van der Waals surface area contributed by atoms with Crippen LogP contribution < -0.4 is 10.6 Å². The number of nitrogens with zero attached hydrogens (tertiary/aromatic N) is 3. The SMILES string of the molecule is CCN(CC)c1ccc(C(CN)N2CCN(CC)C(C)C2)cc1. The Labute approximate surface area is 142 Å². The molecule has 1 heterocycles. The van der Waals surface area contributed by atoms with Crippen molar-refractivity contribution in [2.45, 2.75) is 39.8 Å². The fourth-order valence-electron chi connectivity index (χ4n) is 3.77. The van der Waals surface area contributed by atoms with E-state index in [1.165, 1.54) is 11.3 Å². The molecule has 1 aromatic carbocycles. The minimum atomic E-state index is 0.335. The minimum absolute atomic E-state index is 0.335. The maximum absolute atomic E-state index is 6.13. The van der Waals surface area contributed by atoms with Crippen LogP contribution in [0.25, 0.3) is 0 Å². The van der Waals surface area contributed by atoms with Gasteiger partial charge < -0.3 is 10.6 Å². The number of piperazine rings is 1. The monoisotopic (exact) mass is 318 g/mol. The Bertz CT molecular complexity index is 455. The summed E-state index contributed by atoms with van der Waals surface area (Å²) in [6.07, 6.45) is 0. The summed E-state index contributed by atoms with van der Waals surface area (Å²) in [6.45, 7) is 16.3. The van der Waals surface area contributed by atoms with Crippen molar-refractivity contribution in [1.29, 1.82) is 0 Å². The van der Waals surface area contributed by atoms with Crippen molar-refractivity contribution in [3.05, 3.63) is 29.8 Å². The number of anilines is 1. The van der Waals surface area contributed by atoms with Gasteiger partial charge in [0.2, 0.25) is 0 Å². The number of hydrogen-bond donors (Lipinski definition) is 1. The summed E-state index contributed by atoms with van der Waals surface area (Å²) in [7, 11) is 0. The van der Waals surface area contributed by atoms with Crippen LogP contribution in [-0.2, 0) is 0 Å². The largest absolute Gasteiger partial charge is 0.372 e. The van der Waals surface area contributed by atoms with E-state index in [-0.39, 0.29) is 0 Å². The van der Waals surface area contributed by atoms with E-state index < -0.39 is 0 Å². The van der Waals surface area contributed by atoms with E-state index in [4.69, 9.17) is 5.73 Å². The van der Waals surface area contributed by atoms with Gasteiger partial charge in [0.05, 0.1) is 0 Å². The summed E-state index contributed by atoms with van der Waals surface area (Å²) in [6, 6.07) is 9.97. The van der Waals surface area contributed by atoms with Crippen LogP contribution in [-0.4, -0.2) is 61.7 Å². The van der Waals surface area contributed by atoms with Crippen LogP contribution in [0.15, 0.2) is 24.3 Å². The summed E-state index contributed by atoms with van der Waals surface area (Å²) in [5.41, 5.74) is 8.78. The lowest BCUT2D eigenvalue weighted by atomic mass is 10.0. The highest BCUT2D eigenvalue weighted by Crippen LogP contribution is 2.25. The molecule has 2 unspecified atom stereocenters. The van der Waals surface area contributed by atoms with Gasteiger partial charge in [-0.1, -0.05) is 19.1 Å². The van der Waals surface area contributed by atoms with Gasteiger partial charge in [-0.05, 0) is 45.0 Å². The average Bonchev–Trinajstić information content (AvgIpc) is 2.58. The van der Waals surface area contributed by atoms with Crippen LogP contribution in [0.3, 0.4) is 0 Å². The van der Waals surface area contributed by atoms with Gasteiger partial charge in [0.15, 0.2) is 0 Å². The molecular formula is C19H34N4. The van der Waals surface area contributed by atoms with Gasteiger partial charge in [-0.25, -0.2) is 0 Å². The molecule has 0 radical (unpaired) electrons. The molecule has 2 atom stereocenters. The lowest BCUT2D eigenvalue weighted by molar-refractivity contribution is 0.0606. The second-order valence-electron chi connectivity index (χ2n) is 6.49. The first-order valence-electron chi connectivity index (χ1n) is 9.17. The van der Waals surface area contributed by atoms with Gasteiger partial charge in [-0.15, -0.1) is 0 Å². The molecule has 1 aromatic rings. The van der Waals surface area contributed by atoms with Crippen molar-refractivity contribution in [1.82, 2.24) is 9.80 Å². The fourth-order valence-corrected chi connectivity index (χ4v) is 3.77. The molecule has 1 aliphatic rings. The summed E-state index contributed by atoms with van der Waals surface area (Å²) in [4.78, 5) is 7.49. The van der Waals surface area contributed by atoms with E-state index in [1.54, 1.807) is 0 Å². The summed E-state index contributed by atoms with van der Waals surface area (Å²) in [5, 5.41) is 0. The Morgan fingerprint density at radius 2 is 1.78 bits per heavy atom.